The summed E-state index contributed by atoms with van der Waals surface area (Å²) in [6, 6.07) is 2.01. The Morgan fingerprint density at radius 1 is 1.75 bits per heavy atom. The van der Waals surface area contributed by atoms with E-state index >= 15 is 0 Å². The largest absolute Gasteiger partial charge is 0.383 e. The number of hydrogen-bond donors (Lipinski definition) is 1. The summed E-state index contributed by atoms with van der Waals surface area (Å²) >= 11 is 0. The van der Waals surface area contributed by atoms with Crippen LogP contribution in [0.4, 0.5) is 0 Å². The summed E-state index contributed by atoms with van der Waals surface area (Å²) in [5, 5.41) is 4.21. The fourth-order valence-corrected chi connectivity index (χ4v) is 1.11. The third-order valence-electron chi connectivity index (χ3n) is 1.62. The van der Waals surface area contributed by atoms with Gasteiger partial charge in [-0.15, -0.1) is 0 Å². The highest BCUT2D eigenvalue weighted by atomic mass is 16.5. The molecule has 1 heterocycles. The highest BCUT2D eigenvalue weighted by Crippen LogP contribution is 1.98. The second-order valence-corrected chi connectivity index (χ2v) is 2.90. The van der Waals surface area contributed by atoms with Gasteiger partial charge < -0.3 is 10.5 Å². The van der Waals surface area contributed by atoms with Gasteiger partial charge in [-0.3, -0.25) is 4.68 Å². The number of hydrogen-bond acceptors (Lipinski definition) is 3. The van der Waals surface area contributed by atoms with Crippen LogP contribution in [0.5, 0.6) is 0 Å². The van der Waals surface area contributed by atoms with Crippen LogP contribution in [0.3, 0.4) is 0 Å². The molecule has 0 saturated carbocycles. The van der Waals surface area contributed by atoms with Crippen molar-refractivity contribution in [2.24, 2.45) is 12.8 Å². The van der Waals surface area contributed by atoms with Crippen LogP contribution in [0.15, 0.2) is 12.3 Å². The molecule has 0 aliphatic carbocycles. The van der Waals surface area contributed by atoms with E-state index < -0.39 is 0 Å². The zero-order chi connectivity index (χ0) is 8.97. The lowest BCUT2D eigenvalue weighted by atomic mass is 10.2. The normalized spacial score (nSPS) is 13.2. The maximum atomic E-state index is 5.75. The van der Waals surface area contributed by atoms with E-state index in [9.17, 15) is 0 Å². The van der Waals surface area contributed by atoms with Crippen molar-refractivity contribution in [2.45, 2.75) is 12.5 Å². The predicted molar refractivity (Wildman–Crippen MR) is 46.8 cm³/mol. The second-order valence-electron chi connectivity index (χ2n) is 2.90. The quantitative estimate of drug-likeness (QED) is 0.686. The van der Waals surface area contributed by atoms with Crippen molar-refractivity contribution in [1.82, 2.24) is 9.78 Å². The van der Waals surface area contributed by atoms with Gasteiger partial charge in [0.15, 0.2) is 0 Å². The number of aromatic nitrogens is 2. The minimum atomic E-state index is 0.0462. The summed E-state index contributed by atoms with van der Waals surface area (Å²) in [4.78, 5) is 0. The maximum Gasteiger partial charge on any atom is 0.0640 e. The molecule has 2 N–H and O–H groups in total. The van der Waals surface area contributed by atoms with Crippen molar-refractivity contribution < 1.29 is 4.74 Å². The molecule has 0 aromatic carbocycles. The zero-order valence-electron chi connectivity index (χ0n) is 7.53. The molecule has 1 aromatic heterocycles. The highest BCUT2D eigenvalue weighted by Gasteiger charge is 2.04. The van der Waals surface area contributed by atoms with Gasteiger partial charge in [-0.05, 0) is 6.07 Å². The van der Waals surface area contributed by atoms with E-state index in [4.69, 9.17) is 10.5 Å². The Labute approximate surface area is 72.3 Å². The molecule has 0 saturated heterocycles. The molecule has 1 unspecified atom stereocenters. The van der Waals surface area contributed by atoms with Crippen LogP contribution < -0.4 is 5.73 Å². The third-order valence-corrected chi connectivity index (χ3v) is 1.62. The first-order valence-electron chi connectivity index (χ1n) is 3.95. The Morgan fingerprint density at radius 2 is 2.50 bits per heavy atom. The van der Waals surface area contributed by atoms with Gasteiger partial charge in [-0.1, -0.05) is 0 Å². The number of rotatable bonds is 4. The second kappa shape index (κ2) is 4.23. The Bertz CT molecular complexity index is 234. The molecule has 0 aliphatic rings. The summed E-state index contributed by atoms with van der Waals surface area (Å²) < 4.78 is 6.70. The molecule has 0 aliphatic heterocycles. The van der Waals surface area contributed by atoms with Crippen LogP contribution in [0.25, 0.3) is 0 Å². The summed E-state index contributed by atoms with van der Waals surface area (Å²) in [6.45, 7) is 0.580. The number of aryl methyl sites for hydroxylation is 1. The molecule has 1 atom stereocenters. The van der Waals surface area contributed by atoms with Crippen molar-refractivity contribution in [3.8, 4) is 0 Å². The molecular formula is C8H15N3O. The summed E-state index contributed by atoms with van der Waals surface area (Å²) in [5.74, 6) is 0. The Balaban J connectivity index is 2.41. The SMILES string of the molecule is COCC(N)Cc1ccn(C)n1. The summed E-state index contributed by atoms with van der Waals surface area (Å²) in [5.41, 5.74) is 6.77. The van der Waals surface area contributed by atoms with Crippen LogP contribution in [0, 0.1) is 0 Å². The lowest BCUT2D eigenvalue weighted by Gasteiger charge is -2.07. The fourth-order valence-electron chi connectivity index (χ4n) is 1.11. The zero-order valence-corrected chi connectivity index (χ0v) is 7.53. The first kappa shape index (κ1) is 9.22. The van der Waals surface area contributed by atoms with Gasteiger partial charge in [0.25, 0.3) is 0 Å². The lowest BCUT2D eigenvalue weighted by molar-refractivity contribution is 0.179. The van der Waals surface area contributed by atoms with Gasteiger partial charge in [-0.2, -0.15) is 5.10 Å². The van der Waals surface area contributed by atoms with Crippen LogP contribution >= 0.6 is 0 Å². The fraction of sp³-hybridized carbons (Fsp3) is 0.625. The van der Waals surface area contributed by atoms with Crippen molar-refractivity contribution >= 4 is 0 Å². The summed E-state index contributed by atoms with van der Waals surface area (Å²) in [6.07, 6.45) is 2.68. The first-order chi connectivity index (χ1) is 5.72. The van der Waals surface area contributed by atoms with Crippen LogP contribution in [0.2, 0.25) is 0 Å². The Hall–Kier alpha value is -0.870. The van der Waals surface area contributed by atoms with Crippen molar-refractivity contribution in [2.75, 3.05) is 13.7 Å². The van der Waals surface area contributed by atoms with Gasteiger partial charge in [0, 0.05) is 32.8 Å². The molecule has 0 fully saturated rings. The predicted octanol–water partition coefficient (Wildman–Crippen LogP) is -0.0637. The minimum absolute atomic E-state index is 0.0462. The number of nitrogens with zero attached hydrogens (tertiary/aromatic N) is 2. The molecule has 68 valence electrons. The average Bonchev–Trinajstić information content (AvgIpc) is 2.36. The Morgan fingerprint density at radius 3 is 3.00 bits per heavy atom. The minimum Gasteiger partial charge on any atom is -0.383 e. The van der Waals surface area contributed by atoms with Gasteiger partial charge in [0.1, 0.15) is 0 Å². The van der Waals surface area contributed by atoms with E-state index in [0.29, 0.717) is 6.61 Å². The molecule has 4 heteroatoms. The van der Waals surface area contributed by atoms with Crippen molar-refractivity contribution in [1.29, 1.82) is 0 Å². The molecule has 12 heavy (non-hydrogen) atoms. The number of methoxy groups -OCH3 is 1. The molecule has 0 spiro atoms. The highest BCUT2D eigenvalue weighted by molar-refractivity contribution is 5.00. The number of ether oxygens (including phenoxy) is 1. The van der Waals surface area contributed by atoms with E-state index in [1.807, 2.05) is 19.3 Å². The molecule has 4 nitrogen and oxygen atoms in total. The topological polar surface area (TPSA) is 53.1 Å². The molecular weight excluding hydrogens is 154 g/mol. The number of nitrogens with two attached hydrogens (primary N) is 1. The van der Waals surface area contributed by atoms with E-state index in [2.05, 4.69) is 5.10 Å². The molecule has 1 aromatic rings. The monoisotopic (exact) mass is 169 g/mol. The van der Waals surface area contributed by atoms with E-state index in [-0.39, 0.29) is 6.04 Å². The van der Waals surface area contributed by atoms with Gasteiger partial charge in [0.2, 0.25) is 0 Å². The summed E-state index contributed by atoms with van der Waals surface area (Å²) in [7, 11) is 3.55. The van der Waals surface area contributed by atoms with Gasteiger partial charge in [0.05, 0.1) is 12.3 Å². The maximum absolute atomic E-state index is 5.75. The van der Waals surface area contributed by atoms with Crippen LogP contribution in [0.1, 0.15) is 5.69 Å². The van der Waals surface area contributed by atoms with Crippen molar-refractivity contribution in [3.05, 3.63) is 18.0 Å². The van der Waals surface area contributed by atoms with Crippen molar-refractivity contribution in [3.63, 3.8) is 0 Å². The Kier molecular flexibility index (Phi) is 3.25. The smallest absolute Gasteiger partial charge is 0.0640 e. The molecule has 0 radical (unpaired) electrons. The third kappa shape index (κ3) is 2.64. The molecule has 1 rings (SSSR count). The van der Waals surface area contributed by atoms with E-state index in [1.54, 1.807) is 11.8 Å². The van der Waals surface area contributed by atoms with Crippen LogP contribution in [-0.4, -0.2) is 29.5 Å². The molecule has 0 bridgehead atoms. The average molecular weight is 169 g/mol. The first-order valence-corrected chi connectivity index (χ1v) is 3.95. The lowest BCUT2D eigenvalue weighted by Crippen LogP contribution is -2.28. The standard InChI is InChI=1S/C8H15N3O/c1-11-4-3-8(10-11)5-7(9)6-12-2/h3-4,7H,5-6,9H2,1-2H3. The van der Waals surface area contributed by atoms with Gasteiger partial charge >= 0.3 is 0 Å². The molecule has 0 amide bonds. The van der Waals surface area contributed by atoms with E-state index in [1.165, 1.54) is 0 Å². The van der Waals surface area contributed by atoms with Gasteiger partial charge in [-0.25, -0.2) is 0 Å². The van der Waals surface area contributed by atoms with E-state index in [0.717, 1.165) is 12.1 Å². The van der Waals surface area contributed by atoms with Crippen LogP contribution in [-0.2, 0) is 18.2 Å².